The third-order valence-electron chi connectivity index (χ3n) is 6.22. The summed E-state index contributed by atoms with van der Waals surface area (Å²) in [6.07, 6.45) is 3.12. The molecule has 1 aliphatic heterocycles. The quantitative estimate of drug-likeness (QED) is 0.391. The van der Waals surface area contributed by atoms with Gasteiger partial charge in [0.1, 0.15) is 11.3 Å². The number of ether oxygens (including phenoxy) is 1. The molecule has 2 aromatic carbocycles. The number of hydrogen-bond acceptors (Lipinski definition) is 7. The van der Waals surface area contributed by atoms with Crippen LogP contribution >= 0.6 is 0 Å². The zero-order valence-electron chi connectivity index (χ0n) is 21.7. The van der Waals surface area contributed by atoms with Crippen LogP contribution in [0.3, 0.4) is 0 Å². The molecule has 3 heterocycles. The van der Waals surface area contributed by atoms with Crippen molar-refractivity contribution in [2.45, 2.75) is 26.4 Å². The Labute approximate surface area is 221 Å². The Bertz CT molecular complexity index is 1480. The van der Waals surface area contributed by atoms with E-state index in [9.17, 15) is 9.59 Å². The van der Waals surface area contributed by atoms with Gasteiger partial charge in [-0.3, -0.25) is 4.79 Å². The normalized spacial score (nSPS) is 14.0. The Morgan fingerprint density at radius 2 is 1.76 bits per heavy atom. The lowest BCUT2D eigenvalue weighted by molar-refractivity contribution is 0.0240. The van der Waals surface area contributed by atoms with E-state index in [-0.39, 0.29) is 17.7 Å². The summed E-state index contributed by atoms with van der Waals surface area (Å²) in [4.78, 5) is 34.2. The Kier molecular flexibility index (Phi) is 6.62. The van der Waals surface area contributed by atoms with Gasteiger partial charge in [-0.25, -0.2) is 14.3 Å². The zero-order valence-corrected chi connectivity index (χ0v) is 21.7. The van der Waals surface area contributed by atoms with E-state index in [1.165, 1.54) is 0 Å². The number of rotatable bonds is 4. The van der Waals surface area contributed by atoms with Crippen molar-refractivity contribution in [3.63, 3.8) is 0 Å². The molecule has 196 valence electrons. The second-order valence-corrected chi connectivity index (χ2v) is 10.2. The standard InChI is InChI=1S/C28H31N7O3/c1-28(2,3)38-27(37)34-15-13-33(14-16-34)24-10-5-4-9-22(24)32-26(36)23-11-12-35-25(31-23)21(18-30-35)19-7-6-8-20(29)17-19/h4-12,17-18H,13-16,29H2,1-3H3,(H,32,36). The van der Waals surface area contributed by atoms with Crippen molar-refractivity contribution in [3.8, 4) is 11.1 Å². The van der Waals surface area contributed by atoms with Crippen LogP contribution in [0.25, 0.3) is 16.8 Å². The van der Waals surface area contributed by atoms with Crippen LogP contribution in [0.4, 0.5) is 21.9 Å². The molecule has 0 aliphatic carbocycles. The maximum Gasteiger partial charge on any atom is 0.410 e. The first kappa shape index (κ1) is 25.1. The van der Waals surface area contributed by atoms with Gasteiger partial charge in [-0.05, 0) is 56.7 Å². The smallest absolute Gasteiger partial charge is 0.410 e. The molecule has 1 saturated heterocycles. The van der Waals surface area contributed by atoms with E-state index in [2.05, 4.69) is 20.3 Å². The first-order chi connectivity index (χ1) is 18.2. The molecule has 10 heteroatoms. The van der Waals surface area contributed by atoms with Crippen molar-refractivity contribution in [2.24, 2.45) is 0 Å². The number of benzene rings is 2. The third-order valence-corrected chi connectivity index (χ3v) is 6.22. The van der Waals surface area contributed by atoms with Gasteiger partial charge in [-0.2, -0.15) is 5.10 Å². The highest BCUT2D eigenvalue weighted by atomic mass is 16.6. The van der Waals surface area contributed by atoms with Gasteiger partial charge in [-0.1, -0.05) is 24.3 Å². The molecule has 3 N–H and O–H groups in total. The highest BCUT2D eigenvalue weighted by Crippen LogP contribution is 2.28. The number of piperazine rings is 1. The number of nitrogen functional groups attached to an aromatic ring is 1. The fraction of sp³-hybridized carbons (Fsp3) is 0.286. The topological polar surface area (TPSA) is 118 Å². The minimum atomic E-state index is -0.533. The molecule has 0 saturated carbocycles. The van der Waals surface area contributed by atoms with Crippen molar-refractivity contribution in [3.05, 3.63) is 72.7 Å². The third kappa shape index (κ3) is 5.39. The number of para-hydroxylation sites is 2. The summed E-state index contributed by atoms with van der Waals surface area (Å²) in [7, 11) is 0. The highest BCUT2D eigenvalue weighted by molar-refractivity contribution is 6.05. The Balaban J connectivity index is 1.32. The Morgan fingerprint density at radius 3 is 2.50 bits per heavy atom. The van der Waals surface area contributed by atoms with E-state index in [0.717, 1.165) is 16.8 Å². The first-order valence-corrected chi connectivity index (χ1v) is 12.5. The number of carbonyl (C=O) groups excluding carboxylic acids is 2. The van der Waals surface area contributed by atoms with Gasteiger partial charge in [0.25, 0.3) is 5.91 Å². The summed E-state index contributed by atoms with van der Waals surface area (Å²) in [6, 6.07) is 16.7. The molecule has 38 heavy (non-hydrogen) atoms. The maximum atomic E-state index is 13.3. The summed E-state index contributed by atoms with van der Waals surface area (Å²) < 4.78 is 7.14. The second kappa shape index (κ2) is 10.0. The molecule has 5 rings (SSSR count). The molecule has 0 unspecified atom stereocenters. The van der Waals surface area contributed by atoms with E-state index in [1.54, 1.807) is 27.9 Å². The number of carbonyl (C=O) groups is 2. The van der Waals surface area contributed by atoms with Crippen LogP contribution in [0.15, 0.2) is 67.0 Å². The molecule has 0 bridgehead atoms. The molecule has 2 aromatic heterocycles. The summed E-state index contributed by atoms with van der Waals surface area (Å²) in [5, 5.41) is 7.38. The molecule has 0 spiro atoms. The lowest BCUT2D eigenvalue weighted by atomic mass is 10.1. The lowest BCUT2D eigenvalue weighted by Gasteiger charge is -2.37. The van der Waals surface area contributed by atoms with Gasteiger partial charge in [-0.15, -0.1) is 0 Å². The summed E-state index contributed by atoms with van der Waals surface area (Å²) in [5.41, 5.74) is 10.1. The van der Waals surface area contributed by atoms with E-state index in [0.29, 0.717) is 43.2 Å². The molecule has 1 aliphatic rings. The van der Waals surface area contributed by atoms with E-state index in [1.807, 2.05) is 69.3 Å². The van der Waals surface area contributed by atoms with Crippen molar-refractivity contribution < 1.29 is 14.3 Å². The number of amides is 2. The van der Waals surface area contributed by atoms with Crippen LogP contribution in [0, 0.1) is 0 Å². The second-order valence-electron chi connectivity index (χ2n) is 10.2. The van der Waals surface area contributed by atoms with Crippen LogP contribution in [-0.2, 0) is 4.74 Å². The SMILES string of the molecule is CC(C)(C)OC(=O)N1CCN(c2ccccc2NC(=O)c2ccn3ncc(-c4cccc(N)c4)c3n2)CC1. The number of nitrogens with one attached hydrogen (secondary N) is 1. The number of anilines is 3. The van der Waals surface area contributed by atoms with E-state index >= 15 is 0 Å². The fourth-order valence-electron chi connectivity index (χ4n) is 4.40. The summed E-state index contributed by atoms with van der Waals surface area (Å²) in [6.45, 7) is 7.88. The molecular formula is C28H31N7O3. The molecule has 4 aromatic rings. The van der Waals surface area contributed by atoms with Gasteiger partial charge in [0.2, 0.25) is 0 Å². The van der Waals surface area contributed by atoms with Crippen LogP contribution in [0.5, 0.6) is 0 Å². The molecule has 1 fully saturated rings. The number of hydrogen-bond donors (Lipinski definition) is 2. The van der Waals surface area contributed by atoms with Gasteiger partial charge in [0, 0.05) is 43.6 Å². The van der Waals surface area contributed by atoms with Gasteiger partial charge >= 0.3 is 6.09 Å². The monoisotopic (exact) mass is 513 g/mol. The van der Waals surface area contributed by atoms with Crippen molar-refractivity contribution in [1.29, 1.82) is 0 Å². The number of nitrogens with two attached hydrogens (primary N) is 1. The summed E-state index contributed by atoms with van der Waals surface area (Å²) in [5.74, 6) is -0.327. The Hall–Kier alpha value is -4.60. The molecule has 0 radical (unpaired) electrons. The van der Waals surface area contributed by atoms with Crippen molar-refractivity contribution in [2.75, 3.05) is 42.1 Å². The minimum Gasteiger partial charge on any atom is -0.444 e. The predicted molar refractivity (Wildman–Crippen MR) is 147 cm³/mol. The van der Waals surface area contributed by atoms with Gasteiger partial charge in [0.05, 0.1) is 17.6 Å². The van der Waals surface area contributed by atoms with E-state index < -0.39 is 5.60 Å². The van der Waals surface area contributed by atoms with Crippen molar-refractivity contribution in [1.82, 2.24) is 19.5 Å². The molecule has 10 nitrogen and oxygen atoms in total. The number of nitrogens with zero attached hydrogens (tertiary/aromatic N) is 5. The Morgan fingerprint density at radius 1 is 1.00 bits per heavy atom. The largest absolute Gasteiger partial charge is 0.444 e. The van der Waals surface area contributed by atoms with Crippen LogP contribution in [0.2, 0.25) is 0 Å². The van der Waals surface area contributed by atoms with E-state index in [4.69, 9.17) is 10.5 Å². The minimum absolute atomic E-state index is 0.271. The molecule has 2 amide bonds. The predicted octanol–water partition coefficient (Wildman–Crippen LogP) is 4.29. The van der Waals surface area contributed by atoms with Gasteiger partial charge < -0.3 is 25.6 Å². The molecular weight excluding hydrogens is 482 g/mol. The highest BCUT2D eigenvalue weighted by Gasteiger charge is 2.27. The average Bonchev–Trinajstić information content (AvgIpc) is 3.31. The number of fused-ring (bicyclic) bond motifs is 1. The molecule has 0 atom stereocenters. The first-order valence-electron chi connectivity index (χ1n) is 12.5. The fourth-order valence-corrected chi connectivity index (χ4v) is 4.40. The van der Waals surface area contributed by atoms with Crippen molar-refractivity contribution >= 4 is 34.7 Å². The average molecular weight is 514 g/mol. The van der Waals surface area contributed by atoms with Crippen LogP contribution in [0.1, 0.15) is 31.3 Å². The zero-order chi connectivity index (χ0) is 26.9. The van der Waals surface area contributed by atoms with Gasteiger partial charge in [0.15, 0.2) is 5.65 Å². The van der Waals surface area contributed by atoms with Crippen LogP contribution in [-0.4, -0.2) is 63.3 Å². The number of aromatic nitrogens is 3. The van der Waals surface area contributed by atoms with Crippen LogP contribution < -0.4 is 16.0 Å². The summed E-state index contributed by atoms with van der Waals surface area (Å²) >= 11 is 0. The lowest BCUT2D eigenvalue weighted by Crippen LogP contribution is -2.50. The maximum absolute atomic E-state index is 13.3.